The molecule has 1 heterocycles. The van der Waals surface area contributed by atoms with E-state index in [2.05, 4.69) is 102 Å². The van der Waals surface area contributed by atoms with E-state index < -0.39 is 23.4 Å². The third kappa shape index (κ3) is 26.6. The van der Waals surface area contributed by atoms with Crippen LogP contribution in [-0.2, 0) is 26.3 Å². The van der Waals surface area contributed by atoms with Crippen LogP contribution in [0.2, 0.25) is 5.02 Å². The number of aldehydes is 1. The molecule has 0 aliphatic heterocycles. The van der Waals surface area contributed by atoms with Crippen molar-refractivity contribution < 1.29 is 38.0 Å². The highest BCUT2D eigenvalue weighted by molar-refractivity contribution is 7.80. The number of halogens is 4. The average molecular weight is 1150 g/mol. The maximum Gasteiger partial charge on any atom is 0.331 e. The fourth-order valence-corrected chi connectivity index (χ4v) is 8.59. The van der Waals surface area contributed by atoms with Crippen LogP contribution in [0.3, 0.4) is 0 Å². The van der Waals surface area contributed by atoms with Crippen LogP contribution in [-0.4, -0.2) is 87.0 Å². The number of alkyl halides is 3. The van der Waals surface area contributed by atoms with Crippen LogP contribution in [0, 0.1) is 23.2 Å². The van der Waals surface area contributed by atoms with E-state index in [0.717, 1.165) is 89.2 Å². The van der Waals surface area contributed by atoms with Crippen molar-refractivity contribution in [3.05, 3.63) is 93.6 Å². The highest BCUT2D eigenvalue weighted by Gasteiger charge is 2.60. The summed E-state index contributed by atoms with van der Waals surface area (Å²) in [4.78, 5) is 53.3. The third-order valence-electron chi connectivity index (χ3n) is 12.6. The van der Waals surface area contributed by atoms with Crippen LogP contribution >= 0.6 is 33.5 Å². The van der Waals surface area contributed by atoms with Crippen molar-refractivity contribution in [2.24, 2.45) is 48.9 Å². The van der Waals surface area contributed by atoms with E-state index in [9.17, 15) is 27.6 Å². The molecule has 1 fully saturated rings. The Morgan fingerprint density at radius 1 is 1.03 bits per heavy atom. The monoisotopic (exact) mass is 1150 g/mol. The Morgan fingerprint density at radius 2 is 1.64 bits per heavy atom. The van der Waals surface area contributed by atoms with E-state index in [1.807, 2.05) is 53.0 Å². The van der Waals surface area contributed by atoms with E-state index in [-0.39, 0.29) is 47.7 Å². The average Bonchev–Trinajstić information content (AvgIpc) is 3.97. The van der Waals surface area contributed by atoms with Crippen molar-refractivity contribution in [2.45, 2.75) is 185 Å². The SMILES string of the molecule is C/C=C(/C)N=C(N=C/C(=C\C)c1ccc(C2CC2(CCC)C(=O)C(C)CC)c(Cl)c1)C(C)CC.CC.CCCCS.CN=C(/C=C\C=O)c1cc(C(C)(F)P)nn1CC(C)(C)NC(=O)C(C)CC(=C/N)/C=N/C(F)F.ONO. The van der Waals surface area contributed by atoms with E-state index in [4.69, 9.17) is 37.7 Å². The van der Waals surface area contributed by atoms with Crippen molar-refractivity contribution in [2.75, 3.05) is 12.8 Å². The number of ketones is 1. The molecule has 440 valence electrons. The number of allylic oxidation sites excluding steroid dienone is 7. The van der Waals surface area contributed by atoms with Gasteiger partial charge in [0.2, 0.25) is 5.91 Å². The zero-order valence-corrected chi connectivity index (χ0v) is 52.1. The number of unbranched alkanes of at least 4 members (excludes halogenated alkanes) is 1. The van der Waals surface area contributed by atoms with Crippen molar-refractivity contribution in [3.63, 3.8) is 0 Å². The second-order valence-electron chi connectivity index (χ2n) is 19.5. The Balaban J connectivity index is 0. The summed E-state index contributed by atoms with van der Waals surface area (Å²) in [5, 5.41) is 19.9. The fraction of sp³-hybridized carbons (Fsp3) is 0.586. The maximum absolute atomic E-state index is 14.6. The number of aromatic nitrogens is 2. The molecule has 7 atom stereocenters. The molecule has 1 aromatic heterocycles. The molecule has 3 rings (SSSR count). The fourth-order valence-electron chi connectivity index (χ4n) is 7.82. The molecule has 1 aromatic carbocycles. The van der Waals surface area contributed by atoms with E-state index in [1.165, 1.54) is 49.7 Å². The van der Waals surface area contributed by atoms with Crippen molar-refractivity contribution in [3.8, 4) is 0 Å². The third-order valence-corrected chi connectivity index (χ3v) is 13.6. The second kappa shape index (κ2) is 39.7. The molecular formula is C58H94ClF3N9O5PS. The number of nitrogens with two attached hydrogens (primary N) is 1. The van der Waals surface area contributed by atoms with Gasteiger partial charge in [-0.3, -0.25) is 34.5 Å². The Kier molecular flexibility index (Phi) is 38.5. The quantitative estimate of drug-likeness (QED) is 0.00822. The van der Waals surface area contributed by atoms with Crippen LogP contribution in [0.25, 0.3) is 5.57 Å². The van der Waals surface area contributed by atoms with Crippen molar-refractivity contribution in [1.29, 1.82) is 0 Å². The van der Waals surface area contributed by atoms with Gasteiger partial charge in [0.1, 0.15) is 23.6 Å². The normalized spacial score (nSPS) is 18.1. The molecule has 7 unspecified atom stereocenters. The lowest BCUT2D eigenvalue weighted by molar-refractivity contribution is -0.128. The second-order valence-corrected chi connectivity index (χ2v) is 21.4. The topological polar surface area (TPSA) is 209 Å². The number of amides is 1. The maximum atomic E-state index is 14.6. The zero-order chi connectivity index (χ0) is 60.4. The lowest BCUT2D eigenvalue weighted by atomic mass is 9.83. The molecule has 6 N–H and O–H groups in total. The van der Waals surface area contributed by atoms with Gasteiger partial charge in [-0.2, -0.15) is 26.5 Å². The Hall–Kier alpha value is -4.58. The number of thiol groups is 1. The van der Waals surface area contributed by atoms with Gasteiger partial charge in [-0.15, -0.1) is 0 Å². The molecule has 2 aromatic rings. The molecule has 20 heteroatoms. The standard InChI is InChI=1S/C30H43ClN2O.C22H32F3N6O2P.C4H10S.C2H6.H3NO2/c1-9-16-30(28(34)20(6)10-2)18-26(30)25-15-14-24(17-27(25)31)23(13-5)19-32-29(21(7)11-3)33-22(8)12-4;1-14(9-15(11-26)12-28-20(23)24)19(33)29-21(2,3)13-31-17(16(27-5)7-6-8-32)10-18(30-31)22(4,25)34;1-2-3-4-5;1-2;2-1-3/h12-15,17,19-21,26H,9-11,16,18H2,1-8H3;6-8,10-12,14,20H,9,13,26,34H2,1-5H3,(H,29,33);5H,2-4H2,1H3;1-2H3;1-3H/b22-12-,23-13+,32-19?,33-29?;7-6-,15-11-,27-16?,28-12+;;;. The minimum absolute atomic E-state index is 0.105. The molecule has 1 amide bonds. The summed E-state index contributed by atoms with van der Waals surface area (Å²) in [6.45, 7) is 26.6. The number of rotatable bonds is 25. The lowest BCUT2D eigenvalue weighted by Crippen LogP contribution is -2.49. The highest BCUT2D eigenvalue weighted by Crippen LogP contribution is 2.64. The number of nitrogens with zero attached hydrogens (tertiary/aromatic N) is 6. The Morgan fingerprint density at radius 3 is 2.09 bits per heavy atom. The van der Waals surface area contributed by atoms with Gasteiger partial charge in [-0.1, -0.05) is 126 Å². The number of carbonyl (C=O) groups is 3. The van der Waals surface area contributed by atoms with E-state index in [0.29, 0.717) is 29.0 Å². The molecule has 1 aliphatic rings. The number of Topliss-reactive ketones (excluding diaryl/α,β-unsaturated/α-hetero) is 1. The predicted octanol–water partition coefficient (Wildman–Crippen LogP) is 14.3. The highest BCUT2D eigenvalue weighted by atomic mass is 35.5. The molecule has 14 nitrogen and oxygen atoms in total. The smallest absolute Gasteiger partial charge is 0.331 e. The van der Waals surface area contributed by atoms with Gasteiger partial charge in [-0.25, -0.2) is 19.4 Å². The number of amidine groups is 1. The van der Waals surface area contributed by atoms with Gasteiger partial charge in [-0.05, 0) is 144 Å². The van der Waals surface area contributed by atoms with Crippen molar-refractivity contribution >= 4 is 81.0 Å². The molecule has 0 bridgehead atoms. The number of nitrogens with one attached hydrogen (secondary N) is 2. The first kappa shape index (κ1) is 75.5. The first-order valence-electron chi connectivity index (χ1n) is 26.8. The van der Waals surface area contributed by atoms with Crippen molar-refractivity contribution in [1.82, 2.24) is 20.7 Å². The summed E-state index contributed by atoms with van der Waals surface area (Å²) in [5.41, 5.74) is 10.6. The molecule has 1 saturated carbocycles. The predicted molar refractivity (Wildman–Crippen MR) is 327 cm³/mol. The van der Waals surface area contributed by atoms with E-state index >= 15 is 0 Å². The summed E-state index contributed by atoms with van der Waals surface area (Å²) >= 11 is 10.8. The number of aliphatic imine (C=N–C) groups is 4. The first-order chi connectivity index (χ1) is 36.7. The van der Waals surface area contributed by atoms with Gasteiger partial charge in [0.05, 0.1) is 23.5 Å². The summed E-state index contributed by atoms with van der Waals surface area (Å²) in [5.74, 6) is 1.98. The molecule has 1 aliphatic carbocycles. The lowest BCUT2D eigenvalue weighted by Gasteiger charge is -2.29. The minimum Gasteiger partial charge on any atom is -0.404 e. The Bertz CT molecular complexity index is 2380. The summed E-state index contributed by atoms with van der Waals surface area (Å²) in [6, 6.07) is 7.79. The summed E-state index contributed by atoms with van der Waals surface area (Å²) in [7, 11) is 3.61. The van der Waals surface area contributed by atoms with Crippen LogP contribution in [0.4, 0.5) is 13.2 Å². The first-order valence-corrected chi connectivity index (χ1v) is 28.4. The van der Waals surface area contributed by atoms with Crippen LogP contribution in [0.15, 0.2) is 86.0 Å². The Labute approximate surface area is 478 Å². The van der Waals surface area contributed by atoms with Gasteiger partial charge in [0.15, 0.2) is 5.41 Å². The van der Waals surface area contributed by atoms with Gasteiger partial charge in [0, 0.05) is 53.4 Å². The number of hydrogen-bond donors (Lipinski definition) is 6. The molecule has 0 saturated heterocycles. The number of benzene rings is 1. The number of carbonyl (C=O) groups excluding carboxylic acids is 3. The van der Waals surface area contributed by atoms with E-state index in [1.54, 1.807) is 20.8 Å². The molecule has 0 spiro atoms. The van der Waals surface area contributed by atoms with Crippen LogP contribution in [0.5, 0.6) is 0 Å². The largest absolute Gasteiger partial charge is 0.404 e. The number of hydrogen-bond acceptors (Lipinski definition) is 12. The van der Waals surface area contributed by atoms with Crippen LogP contribution < -0.4 is 16.7 Å². The van der Waals surface area contributed by atoms with Gasteiger partial charge < -0.3 is 11.1 Å². The summed E-state index contributed by atoms with van der Waals surface area (Å²) < 4.78 is 40.7. The van der Waals surface area contributed by atoms with Gasteiger partial charge >= 0.3 is 6.55 Å². The van der Waals surface area contributed by atoms with Crippen LogP contribution in [0.1, 0.15) is 184 Å². The van der Waals surface area contributed by atoms with Gasteiger partial charge in [0.25, 0.3) is 0 Å². The minimum atomic E-state index is -2.86. The molecule has 0 radical (unpaired) electrons. The molecule has 78 heavy (non-hydrogen) atoms. The zero-order valence-electron chi connectivity index (χ0n) is 49.3. The summed E-state index contributed by atoms with van der Waals surface area (Å²) in [6.07, 6.45) is 18.8. The molecular weight excluding hydrogens is 1060 g/mol.